The van der Waals surface area contributed by atoms with E-state index >= 15 is 0 Å². The second-order valence-electron chi connectivity index (χ2n) is 6.07. The summed E-state index contributed by atoms with van der Waals surface area (Å²) < 4.78 is 66.5. The zero-order valence-corrected chi connectivity index (χ0v) is 15.5. The molecule has 1 unspecified atom stereocenters. The maximum atomic E-state index is 12.1. The Morgan fingerprint density at radius 2 is 1.92 bits per heavy atom. The van der Waals surface area contributed by atoms with Crippen LogP contribution in [0.25, 0.3) is 0 Å². The van der Waals surface area contributed by atoms with E-state index in [1.54, 1.807) is 18.2 Å². The molecule has 0 fully saturated rings. The van der Waals surface area contributed by atoms with Crippen molar-refractivity contribution in [1.82, 2.24) is 3.71 Å². The summed E-state index contributed by atoms with van der Waals surface area (Å²) in [7, 11) is -8.27. The van der Waals surface area contributed by atoms with Crippen molar-refractivity contribution < 1.29 is 30.9 Å². The molecule has 0 saturated carbocycles. The summed E-state index contributed by atoms with van der Waals surface area (Å²) in [5.74, 6) is 0.0362. The SMILES string of the molecule is CCOC1Oc2ccc(CS(=O)(=O)N(C)S(=O)(=O)O)cc2C1(C)C. The van der Waals surface area contributed by atoms with Crippen LogP contribution in [0.1, 0.15) is 31.9 Å². The first-order valence-corrected chi connectivity index (χ1v) is 10.3. The van der Waals surface area contributed by atoms with E-state index in [9.17, 15) is 16.8 Å². The largest absolute Gasteiger partial charge is 0.464 e. The minimum absolute atomic E-state index is 0.0438. The molecule has 0 radical (unpaired) electrons. The predicted octanol–water partition coefficient (Wildman–Crippen LogP) is 1.28. The van der Waals surface area contributed by atoms with Crippen LogP contribution >= 0.6 is 0 Å². The number of fused-ring (bicyclic) bond motifs is 1. The van der Waals surface area contributed by atoms with Crippen LogP contribution in [0.3, 0.4) is 0 Å². The molecular formula is C14H21NO7S2. The second kappa shape index (κ2) is 6.26. The zero-order valence-electron chi connectivity index (χ0n) is 13.9. The smallest absolute Gasteiger partial charge is 0.348 e. The third kappa shape index (κ3) is 3.57. The lowest BCUT2D eigenvalue weighted by Crippen LogP contribution is -2.35. The van der Waals surface area contributed by atoms with Gasteiger partial charge in [0.1, 0.15) is 5.75 Å². The van der Waals surface area contributed by atoms with Gasteiger partial charge in [-0.1, -0.05) is 15.8 Å². The third-order valence-electron chi connectivity index (χ3n) is 3.95. The van der Waals surface area contributed by atoms with Crippen LogP contribution in [-0.4, -0.2) is 45.0 Å². The van der Waals surface area contributed by atoms with Gasteiger partial charge in [-0.05, 0) is 32.4 Å². The minimum atomic E-state index is -4.83. The van der Waals surface area contributed by atoms with Gasteiger partial charge in [-0.2, -0.15) is 8.42 Å². The topological polar surface area (TPSA) is 110 Å². The van der Waals surface area contributed by atoms with Crippen LogP contribution in [-0.2, 0) is 36.2 Å². The highest BCUT2D eigenvalue weighted by Gasteiger charge is 2.42. The Bertz CT molecular complexity index is 831. The van der Waals surface area contributed by atoms with E-state index in [1.165, 1.54) is 0 Å². The molecule has 0 bridgehead atoms. The summed E-state index contributed by atoms with van der Waals surface area (Å²) in [6.07, 6.45) is -0.482. The minimum Gasteiger partial charge on any atom is -0.464 e. The Balaban J connectivity index is 2.33. The Hall–Kier alpha value is -1.20. The molecule has 10 heteroatoms. The highest BCUT2D eigenvalue weighted by Crippen LogP contribution is 2.43. The molecule has 0 saturated heterocycles. The van der Waals surface area contributed by atoms with Gasteiger partial charge in [-0.3, -0.25) is 4.55 Å². The molecule has 0 aromatic heterocycles. The molecule has 0 amide bonds. The molecule has 0 spiro atoms. The maximum absolute atomic E-state index is 12.1. The van der Waals surface area contributed by atoms with Crippen molar-refractivity contribution in [3.63, 3.8) is 0 Å². The van der Waals surface area contributed by atoms with Crippen molar-refractivity contribution in [3.05, 3.63) is 29.3 Å². The van der Waals surface area contributed by atoms with E-state index in [2.05, 4.69) is 0 Å². The molecule has 0 aliphatic carbocycles. The summed E-state index contributed by atoms with van der Waals surface area (Å²) in [5.41, 5.74) is 0.682. The molecule has 1 atom stereocenters. The molecule has 8 nitrogen and oxygen atoms in total. The Kier molecular flexibility index (Phi) is 4.99. The van der Waals surface area contributed by atoms with E-state index in [-0.39, 0.29) is 3.71 Å². The fourth-order valence-electron chi connectivity index (χ4n) is 2.50. The van der Waals surface area contributed by atoms with E-state index in [0.29, 0.717) is 17.9 Å². The molecule has 1 aliphatic rings. The molecule has 1 heterocycles. The lowest BCUT2D eigenvalue weighted by molar-refractivity contribution is -0.0981. The molecule has 1 aromatic carbocycles. The quantitative estimate of drug-likeness (QED) is 0.741. The van der Waals surface area contributed by atoms with Crippen LogP contribution in [0, 0.1) is 0 Å². The first-order chi connectivity index (χ1) is 10.9. The van der Waals surface area contributed by atoms with E-state index in [0.717, 1.165) is 12.6 Å². The van der Waals surface area contributed by atoms with E-state index in [4.69, 9.17) is 14.0 Å². The molecule has 1 aromatic rings. The monoisotopic (exact) mass is 379 g/mol. The molecule has 2 rings (SSSR count). The summed E-state index contributed by atoms with van der Waals surface area (Å²) in [5, 5.41) is 0. The van der Waals surface area contributed by atoms with E-state index < -0.39 is 37.8 Å². The van der Waals surface area contributed by atoms with Crippen molar-refractivity contribution in [2.75, 3.05) is 13.7 Å². The van der Waals surface area contributed by atoms with Crippen LogP contribution in [0.4, 0.5) is 0 Å². The summed E-state index contributed by atoms with van der Waals surface area (Å²) in [4.78, 5) is 0. The first-order valence-electron chi connectivity index (χ1n) is 7.25. The summed E-state index contributed by atoms with van der Waals surface area (Å²) >= 11 is 0. The summed E-state index contributed by atoms with van der Waals surface area (Å²) in [6, 6.07) is 4.83. The van der Waals surface area contributed by atoms with Crippen molar-refractivity contribution in [2.24, 2.45) is 0 Å². The lowest BCUT2D eigenvalue weighted by Gasteiger charge is -2.25. The Morgan fingerprint density at radius 1 is 1.29 bits per heavy atom. The lowest BCUT2D eigenvalue weighted by atomic mass is 9.85. The third-order valence-corrected chi connectivity index (χ3v) is 7.32. The number of hydrogen-bond acceptors (Lipinski definition) is 6. The number of benzene rings is 1. The van der Waals surface area contributed by atoms with Crippen molar-refractivity contribution in [3.8, 4) is 5.75 Å². The molecule has 1 N–H and O–H groups in total. The van der Waals surface area contributed by atoms with Gasteiger partial charge in [0.15, 0.2) is 0 Å². The Labute approximate surface area is 142 Å². The Morgan fingerprint density at radius 3 is 2.46 bits per heavy atom. The fraction of sp³-hybridized carbons (Fsp3) is 0.571. The second-order valence-corrected chi connectivity index (χ2v) is 9.75. The maximum Gasteiger partial charge on any atom is 0.348 e. The number of rotatable bonds is 6. The molecule has 24 heavy (non-hydrogen) atoms. The predicted molar refractivity (Wildman–Crippen MR) is 87.4 cm³/mol. The highest BCUT2D eigenvalue weighted by atomic mass is 32.3. The average molecular weight is 379 g/mol. The van der Waals surface area contributed by atoms with Crippen molar-refractivity contribution >= 4 is 20.3 Å². The van der Waals surface area contributed by atoms with Gasteiger partial charge in [0, 0.05) is 19.2 Å². The summed E-state index contributed by atoms with van der Waals surface area (Å²) in [6.45, 7) is 6.16. The highest BCUT2D eigenvalue weighted by molar-refractivity contribution is 8.01. The number of ether oxygens (including phenoxy) is 2. The number of hydrogen-bond donors (Lipinski definition) is 1. The molecular weight excluding hydrogens is 358 g/mol. The van der Waals surface area contributed by atoms with Crippen LogP contribution in [0.2, 0.25) is 0 Å². The van der Waals surface area contributed by atoms with Gasteiger partial charge in [-0.15, -0.1) is 0 Å². The van der Waals surface area contributed by atoms with E-state index in [1.807, 2.05) is 20.8 Å². The van der Waals surface area contributed by atoms with Crippen molar-refractivity contribution in [2.45, 2.75) is 38.2 Å². The van der Waals surface area contributed by atoms with Gasteiger partial charge >= 0.3 is 10.3 Å². The number of sulfonamides is 1. The molecule has 136 valence electrons. The standard InChI is InChI=1S/C14H21NO7S2/c1-5-21-13-14(2,3)11-8-10(6-7-12(11)22-13)9-23(16,17)15(4)24(18,19)20/h6-8,13H,5,9H2,1-4H3,(H,18,19,20). The van der Waals surface area contributed by atoms with Gasteiger partial charge in [0.2, 0.25) is 16.3 Å². The number of nitrogens with zero attached hydrogens (tertiary/aromatic N) is 1. The first kappa shape index (κ1) is 19.1. The van der Waals surface area contributed by atoms with Crippen LogP contribution in [0.5, 0.6) is 5.75 Å². The fourth-order valence-corrected chi connectivity index (χ4v) is 4.59. The van der Waals surface area contributed by atoms with Crippen LogP contribution < -0.4 is 4.74 Å². The van der Waals surface area contributed by atoms with Gasteiger partial charge in [0.25, 0.3) is 0 Å². The van der Waals surface area contributed by atoms with Gasteiger partial charge < -0.3 is 9.47 Å². The zero-order chi connectivity index (χ0) is 18.3. The van der Waals surface area contributed by atoms with Gasteiger partial charge in [0.05, 0.1) is 11.2 Å². The van der Waals surface area contributed by atoms with Crippen molar-refractivity contribution in [1.29, 1.82) is 0 Å². The van der Waals surface area contributed by atoms with Crippen LogP contribution in [0.15, 0.2) is 18.2 Å². The molecule has 1 aliphatic heterocycles. The van der Waals surface area contributed by atoms with Gasteiger partial charge in [-0.25, -0.2) is 8.42 Å². The normalized spacial score (nSPS) is 20.0. The average Bonchev–Trinajstić information content (AvgIpc) is 2.69.